The van der Waals surface area contributed by atoms with Gasteiger partial charge < -0.3 is 37.2 Å². The Morgan fingerprint density at radius 3 is 2.67 bits per heavy atom. The van der Waals surface area contributed by atoms with Gasteiger partial charge >= 0.3 is 134 Å². The predicted octanol–water partition coefficient (Wildman–Crippen LogP) is -3.64. The van der Waals surface area contributed by atoms with Crippen LogP contribution in [-0.2, 0) is 24.7 Å². The quantitative estimate of drug-likeness (QED) is 0.353. The van der Waals surface area contributed by atoms with Gasteiger partial charge in [0, 0.05) is 0 Å². The minimum Gasteiger partial charge on any atom is -1.00 e. The molecule has 2 aliphatic carbocycles. The fourth-order valence-corrected chi connectivity index (χ4v) is 5.02. The van der Waals surface area contributed by atoms with E-state index in [-0.39, 0.29) is 37.2 Å². The van der Waals surface area contributed by atoms with Crippen LogP contribution < -0.4 is 37.2 Å². The second-order valence-corrected chi connectivity index (χ2v) is 8.02. The Balaban J connectivity index is 0.000000735. The molecule has 2 aromatic rings. The van der Waals surface area contributed by atoms with E-state index >= 15 is 0 Å². The van der Waals surface area contributed by atoms with Crippen LogP contribution in [0.3, 0.4) is 0 Å². The summed E-state index contributed by atoms with van der Waals surface area (Å²) in [7, 11) is 0. The largest absolute Gasteiger partial charge is 1.00 e. The van der Waals surface area contributed by atoms with Crippen LogP contribution >= 0.6 is 27.3 Å². The number of hydrogen-bond donors (Lipinski definition) is 0. The van der Waals surface area contributed by atoms with Crippen molar-refractivity contribution in [3.8, 4) is 0 Å². The van der Waals surface area contributed by atoms with E-state index in [4.69, 9.17) is 0 Å². The first-order valence-electron chi connectivity index (χ1n) is 5.78. The molecule has 0 saturated heterocycles. The maximum Gasteiger partial charge on any atom is -1.00 e. The molecule has 1 heterocycles. The van der Waals surface area contributed by atoms with Gasteiger partial charge in [-0.1, -0.05) is 0 Å². The first-order chi connectivity index (χ1) is 8.74. The summed E-state index contributed by atoms with van der Waals surface area (Å²) in [6, 6.07) is 6.58. The van der Waals surface area contributed by atoms with Gasteiger partial charge in [-0.15, -0.1) is 0 Å². The summed E-state index contributed by atoms with van der Waals surface area (Å²) in [5.41, 5.74) is 4.39. The van der Waals surface area contributed by atoms with E-state index in [2.05, 4.69) is 58.4 Å². The number of thiophene rings is 1. The second kappa shape index (κ2) is 7.47. The van der Waals surface area contributed by atoms with Crippen LogP contribution in [0.25, 0.3) is 21.7 Å². The second-order valence-electron chi connectivity index (χ2n) is 4.53. The minimum atomic E-state index is 0. The molecule has 106 valence electrons. The maximum absolute atomic E-state index is 3.58. The Morgan fingerprint density at radius 2 is 1.90 bits per heavy atom. The molecule has 4 rings (SSSR count). The first-order valence-corrected chi connectivity index (χ1v) is 8.81. The summed E-state index contributed by atoms with van der Waals surface area (Å²) in [5.74, 6) is 0. The van der Waals surface area contributed by atoms with Gasteiger partial charge in [-0.2, -0.15) is 0 Å². The zero-order valence-electron chi connectivity index (χ0n) is 10.5. The van der Waals surface area contributed by atoms with Gasteiger partial charge in [0.05, 0.1) is 0 Å². The van der Waals surface area contributed by atoms with E-state index < -0.39 is 0 Å². The number of halogens is 4. The Labute approximate surface area is 170 Å². The zero-order valence-corrected chi connectivity index (χ0v) is 17.7. The van der Waals surface area contributed by atoms with Crippen LogP contribution in [0.5, 0.6) is 0 Å². The molecule has 2 aliphatic rings. The van der Waals surface area contributed by atoms with Gasteiger partial charge in [0.15, 0.2) is 0 Å². The number of allylic oxidation sites excluding steroid dienone is 5. The molecule has 1 aromatic carbocycles. The van der Waals surface area contributed by atoms with Crippen LogP contribution in [0.15, 0.2) is 46.5 Å². The van der Waals surface area contributed by atoms with E-state index in [0.717, 1.165) is 4.47 Å². The van der Waals surface area contributed by atoms with Crippen molar-refractivity contribution in [3.63, 3.8) is 0 Å². The Hall–Kier alpha value is 0.633. The Bertz CT molecular complexity index is 777. The number of hydrogen-bond acceptors (Lipinski definition) is 1. The molecule has 0 bridgehead atoms. The zero-order chi connectivity index (χ0) is 12.3. The molecule has 21 heavy (non-hydrogen) atoms. The third-order valence-electron chi connectivity index (χ3n) is 3.45. The normalized spacial score (nSPS) is 17.8. The van der Waals surface area contributed by atoms with Crippen molar-refractivity contribution in [2.45, 2.75) is 3.63 Å². The summed E-state index contributed by atoms with van der Waals surface area (Å²) >= 11 is 7.07. The van der Waals surface area contributed by atoms with Crippen molar-refractivity contribution in [3.05, 3.63) is 56.9 Å². The average Bonchev–Trinajstić information content (AvgIpc) is 2.87. The SMILES string of the molecule is Brc1ccc2sc3c(c2c1)C=C1C3=CC=C[CH]1[Zr+3].[Cl-].[Cl-].[Cl-]. The van der Waals surface area contributed by atoms with Crippen LogP contribution in [0.4, 0.5) is 0 Å². The summed E-state index contributed by atoms with van der Waals surface area (Å²) in [6.07, 6.45) is 9.18. The molecule has 0 spiro atoms. The fourth-order valence-electron chi connectivity index (χ4n) is 2.59. The van der Waals surface area contributed by atoms with Crippen LogP contribution in [0.1, 0.15) is 10.4 Å². The number of rotatable bonds is 0. The number of fused-ring (bicyclic) bond motifs is 5. The Morgan fingerprint density at radius 1 is 1.14 bits per heavy atom. The molecular weight excluding hydrogens is 490 g/mol. The van der Waals surface area contributed by atoms with Crippen molar-refractivity contribution in [2.75, 3.05) is 0 Å². The molecule has 0 N–H and O–H groups in total. The van der Waals surface area contributed by atoms with E-state index in [1.165, 1.54) is 31.7 Å². The standard InChI is InChI=1S/C15H8BrS.3ClH.Zr/c16-10-5-6-14-12(8-10)13-7-9-3-1-2-4-11(9)15(13)17-14;;;;/h1-8H;3*1H;/q;;;;+3/p-3. The molecular formula is C15H8BrCl3SZr. The molecule has 0 amide bonds. The van der Waals surface area contributed by atoms with Crippen molar-refractivity contribution in [1.82, 2.24) is 0 Å². The molecule has 1 unspecified atom stereocenters. The fraction of sp³-hybridized carbons (Fsp3) is 0.0667. The van der Waals surface area contributed by atoms with Gasteiger partial charge in [0.25, 0.3) is 0 Å². The topological polar surface area (TPSA) is 0 Å². The van der Waals surface area contributed by atoms with Gasteiger partial charge in [-0.05, 0) is 0 Å². The van der Waals surface area contributed by atoms with Gasteiger partial charge in [-0.25, -0.2) is 0 Å². The first kappa shape index (κ1) is 19.7. The van der Waals surface area contributed by atoms with E-state index in [9.17, 15) is 0 Å². The molecule has 0 aliphatic heterocycles. The molecule has 1 atom stereocenters. The average molecular weight is 498 g/mol. The summed E-state index contributed by atoms with van der Waals surface area (Å²) in [4.78, 5) is 1.45. The summed E-state index contributed by atoms with van der Waals surface area (Å²) < 4.78 is 3.17. The predicted molar refractivity (Wildman–Crippen MR) is 78.4 cm³/mol. The third-order valence-corrected chi connectivity index (χ3v) is 6.40. The minimum absolute atomic E-state index is 0. The smallest absolute Gasteiger partial charge is 1.00 e. The third kappa shape index (κ3) is 3.16. The van der Waals surface area contributed by atoms with Crippen LogP contribution in [0.2, 0.25) is 3.63 Å². The van der Waals surface area contributed by atoms with Gasteiger partial charge in [0.2, 0.25) is 0 Å². The van der Waals surface area contributed by atoms with Crippen molar-refractivity contribution >= 4 is 49.0 Å². The van der Waals surface area contributed by atoms with Crippen LogP contribution in [0, 0.1) is 0 Å². The molecule has 0 saturated carbocycles. The molecule has 0 radical (unpaired) electrons. The Kier molecular flexibility index (Phi) is 7.00. The van der Waals surface area contributed by atoms with Gasteiger partial charge in [-0.3, -0.25) is 0 Å². The summed E-state index contributed by atoms with van der Waals surface area (Å²) in [6.45, 7) is 0. The maximum atomic E-state index is 3.58. The van der Waals surface area contributed by atoms with Crippen LogP contribution in [-0.4, -0.2) is 0 Å². The molecule has 1 aromatic heterocycles. The molecule has 0 fully saturated rings. The van der Waals surface area contributed by atoms with Crippen molar-refractivity contribution < 1.29 is 61.9 Å². The van der Waals surface area contributed by atoms with E-state index in [0.29, 0.717) is 3.63 Å². The van der Waals surface area contributed by atoms with Crippen molar-refractivity contribution in [1.29, 1.82) is 0 Å². The molecule has 0 nitrogen and oxygen atoms in total. The van der Waals surface area contributed by atoms with E-state index in [1.54, 1.807) is 24.7 Å². The summed E-state index contributed by atoms with van der Waals surface area (Å²) in [5, 5.41) is 1.38. The van der Waals surface area contributed by atoms with E-state index in [1.807, 2.05) is 11.3 Å². The van der Waals surface area contributed by atoms with Gasteiger partial charge in [0.1, 0.15) is 0 Å². The molecule has 6 heteroatoms. The van der Waals surface area contributed by atoms with Crippen molar-refractivity contribution in [2.24, 2.45) is 0 Å². The monoisotopic (exact) mass is 494 g/mol. The number of benzene rings is 1.